The molecule has 0 atom stereocenters. The van der Waals surface area contributed by atoms with E-state index in [-0.39, 0.29) is 35.2 Å². The van der Waals surface area contributed by atoms with Gasteiger partial charge in [0.05, 0.1) is 24.5 Å². The number of benzene rings is 1. The predicted molar refractivity (Wildman–Crippen MR) is 111 cm³/mol. The maximum Gasteiger partial charge on any atom is 0.340 e. The van der Waals surface area contributed by atoms with Gasteiger partial charge < -0.3 is 19.5 Å². The first-order chi connectivity index (χ1) is 14.3. The molecule has 0 aliphatic heterocycles. The zero-order chi connectivity index (χ0) is 21.8. The van der Waals surface area contributed by atoms with E-state index in [2.05, 4.69) is 6.92 Å². The van der Waals surface area contributed by atoms with Crippen molar-refractivity contribution in [2.75, 3.05) is 19.1 Å². The molecule has 1 N–H and O–H groups in total. The second-order valence-electron chi connectivity index (χ2n) is 8.64. The summed E-state index contributed by atoms with van der Waals surface area (Å²) >= 11 is 0. The van der Waals surface area contributed by atoms with Crippen molar-refractivity contribution >= 4 is 17.6 Å². The fourth-order valence-electron chi connectivity index (χ4n) is 4.76. The van der Waals surface area contributed by atoms with Crippen molar-refractivity contribution in [2.24, 2.45) is 11.8 Å². The molecule has 30 heavy (non-hydrogen) atoms. The minimum absolute atomic E-state index is 0.00259. The number of methoxy groups -OCH3 is 2. The molecule has 6 nitrogen and oxygen atoms in total. The molecule has 0 saturated heterocycles. The van der Waals surface area contributed by atoms with Gasteiger partial charge in [-0.05, 0) is 63.4 Å². The van der Waals surface area contributed by atoms with Gasteiger partial charge in [0.25, 0.3) is 0 Å². The van der Waals surface area contributed by atoms with Crippen molar-refractivity contribution in [3.63, 3.8) is 0 Å². The molecule has 2 aliphatic carbocycles. The van der Waals surface area contributed by atoms with Gasteiger partial charge in [0.2, 0.25) is 5.91 Å². The number of nitrogens with zero attached hydrogens (tertiary/aromatic N) is 1. The van der Waals surface area contributed by atoms with Crippen LogP contribution in [-0.4, -0.2) is 43.3 Å². The van der Waals surface area contributed by atoms with Gasteiger partial charge >= 0.3 is 5.97 Å². The van der Waals surface area contributed by atoms with Gasteiger partial charge in [-0.3, -0.25) is 4.79 Å². The molecule has 166 valence electrons. The number of carbonyl (C=O) groups is 2. The third-order valence-corrected chi connectivity index (χ3v) is 6.67. The summed E-state index contributed by atoms with van der Waals surface area (Å²) in [7, 11) is 2.91. The highest BCUT2D eigenvalue weighted by Crippen LogP contribution is 2.38. The second-order valence-corrected chi connectivity index (χ2v) is 8.64. The van der Waals surface area contributed by atoms with E-state index in [4.69, 9.17) is 9.47 Å². The van der Waals surface area contributed by atoms with E-state index >= 15 is 0 Å². The lowest BCUT2D eigenvalue weighted by Crippen LogP contribution is -2.47. The first kappa shape index (κ1) is 22.5. The molecule has 1 amide bonds. The zero-order valence-corrected chi connectivity index (χ0v) is 18.0. The minimum atomic E-state index is -0.863. The minimum Gasteiger partial charge on any atom is -0.505 e. The lowest BCUT2D eigenvalue weighted by atomic mass is 9.81. The van der Waals surface area contributed by atoms with Crippen LogP contribution < -0.4 is 4.90 Å². The summed E-state index contributed by atoms with van der Waals surface area (Å²) in [6.45, 7) is 2.19. The molecule has 2 saturated carbocycles. The molecule has 0 unspecified atom stereocenters. The van der Waals surface area contributed by atoms with Crippen molar-refractivity contribution in [3.8, 4) is 5.75 Å². The zero-order valence-electron chi connectivity index (χ0n) is 18.0. The van der Waals surface area contributed by atoms with Gasteiger partial charge in [-0.1, -0.05) is 6.92 Å². The van der Waals surface area contributed by atoms with Gasteiger partial charge in [0.15, 0.2) is 11.6 Å². The highest BCUT2D eigenvalue weighted by Gasteiger charge is 2.37. The Balaban J connectivity index is 2.00. The molecule has 1 aromatic rings. The molecule has 7 heteroatoms. The number of ether oxygens (including phenoxy) is 2. The fraction of sp³-hybridized carbons (Fsp3) is 0.652. The van der Waals surface area contributed by atoms with Crippen molar-refractivity contribution in [1.29, 1.82) is 0 Å². The molecule has 0 radical (unpaired) electrons. The van der Waals surface area contributed by atoms with E-state index in [1.807, 2.05) is 0 Å². The lowest BCUT2D eigenvalue weighted by Gasteiger charge is -2.40. The van der Waals surface area contributed by atoms with Crippen LogP contribution in [0.1, 0.15) is 68.6 Å². The number of halogens is 1. The number of rotatable bonds is 5. The van der Waals surface area contributed by atoms with E-state index in [9.17, 15) is 19.1 Å². The summed E-state index contributed by atoms with van der Waals surface area (Å²) in [5.41, 5.74) is 0.185. The number of phenolic OH excluding ortho intramolecular Hbond substituents is 1. The van der Waals surface area contributed by atoms with Crippen molar-refractivity contribution in [3.05, 3.63) is 23.5 Å². The third kappa shape index (κ3) is 4.77. The van der Waals surface area contributed by atoms with Crippen LogP contribution in [0, 0.1) is 17.7 Å². The molecular formula is C23H32FNO5. The second kappa shape index (κ2) is 9.77. The van der Waals surface area contributed by atoms with Gasteiger partial charge in [-0.2, -0.15) is 0 Å². The monoisotopic (exact) mass is 421 g/mol. The van der Waals surface area contributed by atoms with Crippen molar-refractivity contribution < 1.29 is 28.6 Å². The van der Waals surface area contributed by atoms with Gasteiger partial charge in [-0.15, -0.1) is 0 Å². The van der Waals surface area contributed by atoms with Crippen LogP contribution in [0.15, 0.2) is 12.1 Å². The van der Waals surface area contributed by atoms with Crippen LogP contribution in [0.5, 0.6) is 5.75 Å². The Bertz CT molecular complexity index is 767. The number of carbonyl (C=O) groups excluding carboxylic acids is 2. The SMILES string of the molecule is COC(=O)c1cc(O)c(F)cc1N(C(=O)[C@H]1CC[C@H](C)CC1)C1CCC(OC)CC1. The molecular weight excluding hydrogens is 389 g/mol. The molecule has 2 fully saturated rings. The number of hydrogen-bond acceptors (Lipinski definition) is 5. The Morgan fingerprint density at radius 3 is 2.23 bits per heavy atom. The van der Waals surface area contributed by atoms with Crippen LogP contribution in [0.3, 0.4) is 0 Å². The quantitative estimate of drug-likeness (QED) is 0.712. The maximum atomic E-state index is 14.4. The average Bonchev–Trinajstić information content (AvgIpc) is 2.76. The maximum absolute atomic E-state index is 14.4. The topological polar surface area (TPSA) is 76.1 Å². The summed E-state index contributed by atoms with van der Waals surface area (Å²) in [5.74, 6) is -1.83. The smallest absolute Gasteiger partial charge is 0.340 e. The number of anilines is 1. The summed E-state index contributed by atoms with van der Waals surface area (Å²) in [6.07, 6.45) is 6.68. The van der Waals surface area contributed by atoms with E-state index in [0.29, 0.717) is 18.8 Å². The van der Waals surface area contributed by atoms with E-state index in [0.717, 1.165) is 50.7 Å². The Morgan fingerprint density at radius 2 is 1.67 bits per heavy atom. The van der Waals surface area contributed by atoms with Crippen LogP contribution >= 0.6 is 0 Å². The normalized spacial score (nSPS) is 26.8. The molecule has 2 aliphatic rings. The lowest BCUT2D eigenvalue weighted by molar-refractivity contribution is -0.124. The van der Waals surface area contributed by atoms with Crippen LogP contribution in [0.25, 0.3) is 0 Å². The van der Waals surface area contributed by atoms with Crippen LogP contribution in [-0.2, 0) is 14.3 Å². The largest absolute Gasteiger partial charge is 0.505 e. The summed E-state index contributed by atoms with van der Waals surface area (Å²) in [5, 5.41) is 9.84. The highest BCUT2D eigenvalue weighted by molar-refractivity contribution is 6.04. The summed E-state index contributed by atoms with van der Waals surface area (Å²) in [4.78, 5) is 27.7. The molecule has 0 spiro atoms. The number of phenols is 1. The highest BCUT2D eigenvalue weighted by atomic mass is 19.1. The Hall–Kier alpha value is -2.15. The van der Waals surface area contributed by atoms with Crippen molar-refractivity contribution in [2.45, 2.75) is 70.4 Å². The van der Waals surface area contributed by atoms with Gasteiger partial charge in [0.1, 0.15) is 0 Å². The van der Waals surface area contributed by atoms with Crippen molar-refractivity contribution in [1.82, 2.24) is 0 Å². The first-order valence-electron chi connectivity index (χ1n) is 10.8. The standard InChI is InChI=1S/C23H32FNO5/c1-14-4-6-15(7-5-14)22(27)25(16-8-10-17(29-2)11-9-16)20-13-19(24)21(26)12-18(20)23(28)30-3/h12-17,26H,4-11H2,1-3H3/t14-,15-,16?,17?. The molecule has 0 aromatic heterocycles. The molecule has 0 heterocycles. The first-order valence-corrected chi connectivity index (χ1v) is 10.8. The average molecular weight is 422 g/mol. The van der Waals surface area contributed by atoms with Crippen LogP contribution in [0.4, 0.5) is 10.1 Å². The van der Waals surface area contributed by atoms with E-state index in [1.54, 1.807) is 12.0 Å². The number of aromatic hydroxyl groups is 1. The predicted octanol–water partition coefficient (Wildman–Crippen LogP) is 4.43. The summed E-state index contributed by atoms with van der Waals surface area (Å²) in [6, 6.07) is 1.99. The van der Waals surface area contributed by atoms with Gasteiger partial charge in [-0.25, -0.2) is 9.18 Å². The fourth-order valence-corrected chi connectivity index (χ4v) is 4.76. The Labute approximate surface area is 177 Å². The molecule has 3 rings (SSSR count). The number of hydrogen-bond donors (Lipinski definition) is 1. The molecule has 0 bridgehead atoms. The van der Waals surface area contributed by atoms with E-state index < -0.39 is 17.5 Å². The molecule has 1 aromatic carbocycles. The third-order valence-electron chi connectivity index (χ3n) is 6.67. The Morgan fingerprint density at radius 1 is 1.03 bits per heavy atom. The van der Waals surface area contributed by atoms with Gasteiger partial charge in [0, 0.05) is 25.1 Å². The number of amides is 1. The van der Waals surface area contributed by atoms with E-state index in [1.165, 1.54) is 7.11 Å². The summed E-state index contributed by atoms with van der Waals surface area (Å²) < 4.78 is 24.7. The Kier molecular flexibility index (Phi) is 7.34. The van der Waals surface area contributed by atoms with Crippen LogP contribution in [0.2, 0.25) is 0 Å². The number of esters is 1.